The lowest BCUT2D eigenvalue weighted by atomic mass is 9.96. The first-order chi connectivity index (χ1) is 46.1. The second-order valence-electron chi connectivity index (χ2n) is 22.9. The molecule has 0 aliphatic rings. The summed E-state index contributed by atoms with van der Waals surface area (Å²) in [7, 11) is 0. The predicted octanol–water partition coefficient (Wildman–Crippen LogP) is 25.3. The normalized spacial score (nSPS) is 13.3. The molecule has 0 aliphatic carbocycles. The lowest BCUT2D eigenvalue weighted by Gasteiger charge is -2.22. The van der Waals surface area contributed by atoms with Gasteiger partial charge < -0.3 is 9.13 Å². The molecule has 0 bridgehead atoms. The van der Waals surface area contributed by atoms with Gasteiger partial charge in [-0.1, -0.05) is 36.4 Å². The Labute approximate surface area is 541 Å². The summed E-state index contributed by atoms with van der Waals surface area (Å²) < 4.78 is 395. The Balaban J connectivity index is 1.20. The number of fused-ring (bicyclic) bond motifs is 6. The van der Waals surface area contributed by atoms with Crippen LogP contribution in [0.3, 0.4) is 0 Å². The molecule has 0 N–H and O–H groups in total. The van der Waals surface area contributed by atoms with Crippen molar-refractivity contribution in [3.05, 3.63) is 238 Å². The zero-order chi connectivity index (χ0) is 72.9. The molecule has 2 heterocycles. The number of alkyl halides is 27. The average molecular weight is 1430 g/mol. The van der Waals surface area contributed by atoms with Gasteiger partial charge in [-0.05, 0) is 196 Å². The van der Waals surface area contributed by atoms with Gasteiger partial charge in [0.15, 0.2) is 0 Å². The number of benzene rings is 10. The van der Waals surface area contributed by atoms with E-state index in [9.17, 15) is 111 Å². The number of rotatable bonds is 7. The Morgan fingerprint density at radius 3 is 0.730 bits per heavy atom. The van der Waals surface area contributed by atoms with E-state index in [2.05, 4.69) is 0 Å². The monoisotopic (exact) mass is 1430 g/mol. The highest BCUT2D eigenvalue weighted by Crippen LogP contribution is 2.50. The maximum atomic E-state index is 16.6. The topological polar surface area (TPSA) is 33.6 Å². The zero-order valence-corrected chi connectivity index (χ0v) is 48.9. The summed E-state index contributed by atoms with van der Waals surface area (Å²) >= 11 is 0. The Kier molecular flexibility index (Phi) is 16.1. The van der Waals surface area contributed by atoms with Crippen molar-refractivity contribution in [3.63, 3.8) is 0 Å². The van der Waals surface area contributed by atoms with Crippen molar-refractivity contribution in [2.45, 2.75) is 55.6 Å². The fourth-order valence-electron chi connectivity index (χ4n) is 11.9. The van der Waals surface area contributed by atoms with E-state index in [1.165, 1.54) is 18.2 Å². The van der Waals surface area contributed by atoms with E-state index in [-0.39, 0.29) is 87.0 Å². The fourth-order valence-corrected chi connectivity index (χ4v) is 11.9. The number of hydrogen-bond donors (Lipinski definition) is 0. The zero-order valence-electron chi connectivity index (χ0n) is 48.9. The molecular formula is C70H30F27N3. The summed E-state index contributed by atoms with van der Waals surface area (Å²) in [6.07, 6.45) is -49.2. The molecule has 0 aliphatic heterocycles. The van der Waals surface area contributed by atoms with Gasteiger partial charge in [-0.15, -0.1) is 0 Å². The van der Waals surface area contributed by atoms with Crippen LogP contribution < -0.4 is 0 Å². The number of nitrogens with zero attached hydrogens (tertiary/aromatic N) is 3. The highest BCUT2D eigenvalue weighted by molar-refractivity contribution is 6.14. The number of hydrogen-bond acceptors (Lipinski definition) is 1. The van der Waals surface area contributed by atoms with Gasteiger partial charge in [0, 0.05) is 27.1 Å². The van der Waals surface area contributed by atoms with E-state index in [0.29, 0.717) is 30.3 Å². The van der Waals surface area contributed by atoms with Crippen LogP contribution in [0.15, 0.2) is 182 Å². The SMILES string of the molecule is N#Cc1cccc(-c2cc(-n3c4ccc(-c5cc(C(F)(F)F)cc(C(F)(F)F)c5)cc4c4cc(-c5cc(C(F)(F)F)cc(C(F)(F)F)c5)ccc43)c(C(F)(F)F)cc2-n2c3ccc(-c4cc(C(F)(F)F)cc(C(F)(F)F)c4)cc3c3cc(-c4cc(C(F)(F)F)cc(C(F)(F)F)c4)ccc32)c1. The summed E-state index contributed by atoms with van der Waals surface area (Å²) in [5.74, 6) is 0. The first-order valence-corrected chi connectivity index (χ1v) is 28.3. The molecule has 12 rings (SSSR count). The van der Waals surface area contributed by atoms with Crippen LogP contribution in [0.5, 0.6) is 0 Å². The van der Waals surface area contributed by atoms with E-state index in [1.54, 1.807) is 0 Å². The van der Waals surface area contributed by atoms with Gasteiger partial charge in [0.2, 0.25) is 0 Å². The lowest BCUT2D eigenvalue weighted by Crippen LogP contribution is -2.13. The second-order valence-corrected chi connectivity index (χ2v) is 22.9. The summed E-state index contributed by atoms with van der Waals surface area (Å²) in [6, 6.07) is 20.5. The molecule has 0 atom stereocenters. The van der Waals surface area contributed by atoms with Crippen LogP contribution in [-0.2, 0) is 55.6 Å². The third kappa shape index (κ3) is 13.1. The average Bonchev–Trinajstić information content (AvgIpc) is 1.55. The summed E-state index contributed by atoms with van der Waals surface area (Å²) in [5, 5.41) is 8.63. The van der Waals surface area contributed by atoms with E-state index in [1.807, 2.05) is 6.07 Å². The fraction of sp³-hybridized carbons (Fsp3) is 0.129. The molecule has 10 aromatic carbocycles. The lowest BCUT2D eigenvalue weighted by molar-refractivity contribution is -0.144. The Hall–Kier alpha value is -10.6. The maximum Gasteiger partial charge on any atom is 0.418 e. The van der Waals surface area contributed by atoms with Crippen LogP contribution in [0, 0.1) is 11.3 Å². The van der Waals surface area contributed by atoms with E-state index in [0.717, 1.165) is 94.1 Å². The molecule has 0 radical (unpaired) electrons. The molecule has 0 unspecified atom stereocenters. The highest BCUT2D eigenvalue weighted by Gasteiger charge is 2.43. The standard InChI is InChI=1S/C70H30F27N3/c71-62(72,73)42-13-38(14-43(25-42)63(74,75)76)33-4-8-56-51(21-33)52-22-34(39-15-44(64(77,78)79)26-45(16-39)65(80,81)82)5-9-57(52)99(56)60-30-55(70(95,96)97)61(29-50(60)37-3-1-2-32(12-37)31-98)100-58-10-6-35(40-17-46(66(83,84)85)27-47(18-40)67(86,87)88)23-53(58)54-24-36(7-11-59(54)100)41-19-48(68(89,90)91)28-49(20-41)69(92,93)94/h1-30H. The molecule has 514 valence electrons. The number of aromatic nitrogens is 2. The largest absolute Gasteiger partial charge is 0.418 e. The van der Waals surface area contributed by atoms with Crippen LogP contribution in [0.25, 0.3) is 111 Å². The van der Waals surface area contributed by atoms with Crippen LogP contribution in [-0.4, -0.2) is 9.13 Å². The van der Waals surface area contributed by atoms with Crippen molar-refractivity contribution in [1.82, 2.24) is 9.13 Å². The van der Waals surface area contributed by atoms with Gasteiger partial charge in [0.25, 0.3) is 0 Å². The van der Waals surface area contributed by atoms with Crippen LogP contribution in [0.4, 0.5) is 119 Å². The number of nitriles is 1. The molecule has 0 fully saturated rings. The van der Waals surface area contributed by atoms with Gasteiger partial charge in [0.05, 0.1) is 95.1 Å². The molecule has 0 spiro atoms. The van der Waals surface area contributed by atoms with Crippen LogP contribution in [0.1, 0.15) is 55.6 Å². The van der Waals surface area contributed by atoms with Gasteiger partial charge in [-0.25, -0.2) is 0 Å². The smallest absolute Gasteiger partial charge is 0.309 e. The second kappa shape index (κ2) is 23.3. The molecule has 100 heavy (non-hydrogen) atoms. The molecule has 0 saturated carbocycles. The van der Waals surface area contributed by atoms with E-state index >= 15 is 13.2 Å². The van der Waals surface area contributed by atoms with E-state index in [4.69, 9.17) is 0 Å². The molecule has 2 aromatic heterocycles. The van der Waals surface area contributed by atoms with E-state index < -0.39 is 183 Å². The number of halogens is 27. The van der Waals surface area contributed by atoms with Crippen molar-refractivity contribution in [2.24, 2.45) is 0 Å². The molecule has 12 aromatic rings. The minimum Gasteiger partial charge on any atom is -0.309 e. The third-order valence-corrected chi connectivity index (χ3v) is 16.4. The quantitative estimate of drug-likeness (QED) is 0.146. The van der Waals surface area contributed by atoms with Crippen molar-refractivity contribution < 1.29 is 119 Å². The predicted molar refractivity (Wildman–Crippen MR) is 312 cm³/mol. The first kappa shape index (κ1) is 69.3. The highest BCUT2D eigenvalue weighted by atomic mass is 19.4. The first-order valence-electron chi connectivity index (χ1n) is 28.3. The van der Waals surface area contributed by atoms with Crippen LogP contribution >= 0.6 is 0 Å². The van der Waals surface area contributed by atoms with Gasteiger partial charge in [-0.2, -0.15) is 124 Å². The molecule has 0 amide bonds. The third-order valence-electron chi connectivity index (χ3n) is 16.4. The summed E-state index contributed by atoms with van der Waals surface area (Å²) in [6.45, 7) is 0. The van der Waals surface area contributed by atoms with Gasteiger partial charge in [0.1, 0.15) is 0 Å². The Morgan fingerprint density at radius 1 is 0.230 bits per heavy atom. The Bertz CT molecular complexity index is 4970. The van der Waals surface area contributed by atoms with Crippen molar-refractivity contribution in [1.29, 1.82) is 5.26 Å². The summed E-state index contributed by atoms with van der Waals surface area (Å²) in [4.78, 5) is 0. The van der Waals surface area contributed by atoms with Crippen molar-refractivity contribution in [2.75, 3.05) is 0 Å². The summed E-state index contributed by atoms with van der Waals surface area (Å²) in [5.41, 5.74) is -25.6. The van der Waals surface area contributed by atoms with Gasteiger partial charge in [-0.3, -0.25) is 0 Å². The van der Waals surface area contributed by atoms with Gasteiger partial charge >= 0.3 is 55.6 Å². The molecule has 3 nitrogen and oxygen atoms in total. The van der Waals surface area contributed by atoms with Crippen LogP contribution in [0.2, 0.25) is 0 Å². The molecule has 0 saturated heterocycles. The molecular weight excluding hydrogens is 1400 g/mol. The minimum atomic E-state index is -5.66. The molecule has 30 heteroatoms. The van der Waals surface area contributed by atoms with Crippen molar-refractivity contribution in [3.8, 4) is 73.1 Å². The maximum absolute atomic E-state index is 16.6. The minimum absolute atomic E-state index is 0.181. The van der Waals surface area contributed by atoms with Crippen molar-refractivity contribution >= 4 is 43.6 Å². The Morgan fingerprint density at radius 2 is 0.490 bits per heavy atom.